The molecule has 0 spiro atoms. The van der Waals surface area contributed by atoms with Gasteiger partial charge in [0.25, 0.3) is 0 Å². The molecule has 1 heterocycles. The number of halogens is 2. The number of piperidine rings is 1. The van der Waals surface area contributed by atoms with Gasteiger partial charge in [0.2, 0.25) is 11.8 Å². The molecule has 0 bridgehead atoms. The van der Waals surface area contributed by atoms with Crippen LogP contribution in [0.5, 0.6) is 0 Å². The molecule has 5 nitrogen and oxygen atoms in total. The quantitative estimate of drug-likeness (QED) is 0.790. The van der Waals surface area contributed by atoms with E-state index in [2.05, 4.69) is 10.2 Å². The summed E-state index contributed by atoms with van der Waals surface area (Å²) in [5.41, 5.74) is 7.35. The number of benzene rings is 2. The standard InChI is InChI=1S/C20H21Cl2N3O2/c21-16-4-1-15(18(22)11-16)12-25-9-7-14(8-10-25)20(27)24-17-5-2-13(3-6-17)19(23)26/h1-6,11,14H,7-10,12H2,(H2,23,26)(H,24,27). The van der Waals surface area contributed by atoms with E-state index in [1.165, 1.54) is 0 Å². The summed E-state index contributed by atoms with van der Waals surface area (Å²) in [6, 6.07) is 12.1. The number of hydrogen-bond donors (Lipinski definition) is 2. The first-order valence-corrected chi connectivity index (χ1v) is 9.55. The monoisotopic (exact) mass is 405 g/mol. The van der Waals surface area contributed by atoms with Crippen molar-refractivity contribution in [1.29, 1.82) is 0 Å². The number of amides is 2. The van der Waals surface area contributed by atoms with E-state index in [1.54, 1.807) is 30.3 Å². The maximum Gasteiger partial charge on any atom is 0.248 e. The highest BCUT2D eigenvalue weighted by atomic mass is 35.5. The Labute approximate surface area is 168 Å². The third kappa shape index (κ3) is 5.22. The zero-order valence-electron chi connectivity index (χ0n) is 14.8. The average molecular weight is 406 g/mol. The zero-order valence-corrected chi connectivity index (χ0v) is 16.3. The molecular formula is C20H21Cl2N3O2. The Morgan fingerprint density at radius 3 is 2.33 bits per heavy atom. The SMILES string of the molecule is NC(=O)c1ccc(NC(=O)C2CCN(Cc3ccc(Cl)cc3Cl)CC2)cc1. The molecule has 27 heavy (non-hydrogen) atoms. The van der Waals surface area contributed by atoms with E-state index in [0.29, 0.717) is 21.3 Å². The molecule has 142 valence electrons. The van der Waals surface area contributed by atoms with Crippen molar-refractivity contribution in [3.05, 3.63) is 63.6 Å². The number of nitrogens with two attached hydrogens (primary N) is 1. The maximum atomic E-state index is 12.5. The summed E-state index contributed by atoms with van der Waals surface area (Å²) in [5, 5.41) is 4.21. The first-order chi connectivity index (χ1) is 12.9. The van der Waals surface area contributed by atoms with E-state index in [1.807, 2.05) is 12.1 Å². The van der Waals surface area contributed by atoms with Crippen molar-refractivity contribution in [3.8, 4) is 0 Å². The number of hydrogen-bond acceptors (Lipinski definition) is 3. The first-order valence-electron chi connectivity index (χ1n) is 8.79. The number of nitrogens with zero attached hydrogens (tertiary/aromatic N) is 1. The largest absolute Gasteiger partial charge is 0.366 e. The van der Waals surface area contributed by atoms with Gasteiger partial charge in [0.1, 0.15) is 0 Å². The molecule has 2 aromatic rings. The Morgan fingerprint density at radius 1 is 1.07 bits per heavy atom. The fraction of sp³-hybridized carbons (Fsp3) is 0.300. The van der Waals surface area contributed by atoms with Gasteiger partial charge < -0.3 is 11.1 Å². The van der Waals surface area contributed by atoms with Crippen molar-refractivity contribution in [2.45, 2.75) is 19.4 Å². The Bertz CT molecular complexity index is 832. The van der Waals surface area contributed by atoms with E-state index < -0.39 is 5.91 Å². The maximum absolute atomic E-state index is 12.5. The first kappa shape index (κ1) is 19.7. The number of carbonyl (C=O) groups excluding carboxylic acids is 2. The zero-order chi connectivity index (χ0) is 19.4. The Kier molecular flexibility index (Phi) is 6.37. The summed E-state index contributed by atoms with van der Waals surface area (Å²) < 4.78 is 0. The molecule has 3 N–H and O–H groups in total. The lowest BCUT2D eigenvalue weighted by atomic mass is 9.95. The Balaban J connectivity index is 1.50. The van der Waals surface area contributed by atoms with Crippen LogP contribution >= 0.6 is 23.2 Å². The van der Waals surface area contributed by atoms with E-state index in [0.717, 1.165) is 38.0 Å². The molecule has 0 radical (unpaired) electrons. The highest BCUT2D eigenvalue weighted by Crippen LogP contribution is 2.25. The van der Waals surface area contributed by atoms with E-state index in [4.69, 9.17) is 28.9 Å². The van der Waals surface area contributed by atoms with Crippen LogP contribution in [0.25, 0.3) is 0 Å². The van der Waals surface area contributed by atoms with Gasteiger partial charge in [0, 0.05) is 33.8 Å². The minimum atomic E-state index is -0.485. The summed E-state index contributed by atoms with van der Waals surface area (Å²) in [5.74, 6) is -0.509. The topological polar surface area (TPSA) is 75.4 Å². The molecule has 1 saturated heterocycles. The number of anilines is 1. The number of nitrogens with one attached hydrogen (secondary N) is 1. The lowest BCUT2D eigenvalue weighted by molar-refractivity contribution is -0.121. The van der Waals surface area contributed by atoms with Crippen molar-refractivity contribution < 1.29 is 9.59 Å². The van der Waals surface area contributed by atoms with Crippen LogP contribution < -0.4 is 11.1 Å². The molecule has 0 atom stereocenters. The molecule has 0 aromatic heterocycles. The molecule has 7 heteroatoms. The van der Waals surface area contributed by atoms with E-state index in [-0.39, 0.29) is 11.8 Å². The van der Waals surface area contributed by atoms with Gasteiger partial charge in [-0.1, -0.05) is 29.3 Å². The summed E-state index contributed by atoms with van der Waals surface area (Å²) in [6.45, 7) is 2.41. The molecule has 2 amide bonds. The van der Waals surface area contributed by atoms with Gasteiger partial charge in [-0.2, -0.15) is 0 Å². The minimum Gasteiger partial charge on any atom is -0.366 e. The van der Waals surface area contributed by atoms with Crippen molar-refractivity contribution >= 4 is 40.7 Å². The molecule has 0 aliphatic carbocycles. The normalized spacial score (nSPS) is 15.5. The van der Waals surface area contributed by atoms with Crippen LogP contribution in [0.15, 0.2) is 42.5 Å². The highest BCUT2D eigenvalue weighted by molar-refractivity contribution is 6.35. The van der Waals surface area contributed by atoms with Gasteiger partial charge in [0.05, 0.1) is 0 Å². The molecule has 1 fully saturated rings. The number of carbonyl (C=O) groups is 2. The van der Waals surface area contributed by atoms with E-state index in [9.17, 15) is 9.59 Å². The van der Waals surface area contributed by atoms with Crippen LogP contribution in [0, 0.1) is 5.92 Å². The van der Waals surface area contributed by atoms with Gasteiger partial charge in [-0.3, -0.25) is 14.5 Å². The summed E-state index contributed by atoms with van der Waals surface area (Å²) >= 11 is 12.2. The number of rotatable bonds is 5. The smallest absolute Gasteiger partial charge is 0.248 e. The van der Waals surface area contributed by atoms with Crippen molar-refractivity contribution in [1.82, 2.24) is 4.90 Å². The molecule has 0 saturated carbocycles. The van der Waals surface area contributed by atoms with Crippen molar-refractivity contribution in [2.24, 2.45) is 11.7 Å². The fourth-order valence-electron chi connectivity index (χ4n) is 3.21. The average Bonchev–Trinajstić information content (AvgIpc) is 2.65. The molecule has 3 rings (SSSR count). The predicted octanol–water partition coefficient (Wildman–Crippen LogP) is 3.94. The highest BCUT2D eigenvalue weighted by Gasteiger charge is 2.25. The summed E-state index contributed by atoms with van der Waals surface area (Å²) in [6.07, 6.45) is 1.58. The van der Waals surface area contributed by atoms with Gasteiger partial charge >= 0.3 is 0 Å². The van der Waals surface area contributed by atoms with Crippen LogP contribution in [-0.2, 0) is 11.3 Å². The molecule has 1 aliphatic heterocycles. The van der Waals surface area contributed by atoms with Crippen molar-refractivity contribution in [3.63, 3.8) is 0 Å². The predicted molar refractivity (Wildman–Crippen MR) is 108 cm³/mol. The third-order valence-electron chi connectivity index (χ3n) is 4.80. The Morgan fingerprint density at radius 2 is 1.74 bits per heavy atom. The van der Waals surface area contributed by atoms with Crippen LogP contribution in [-0.4, -0.2) is 29.8 Å². The van der Waals surface area contributed by atoms with Crippen LogP contribution in [0.3, 0.4) is 0 Å². The van der Waals surface area contributed by atoms with Gasteiger partial charge in [0.15, 0.2) is 0 Å². The minimum absolute atomic E-state index is 0.00556. The number of primary amides is 1. The van der Waals surface area contributed by atoms with E-state index >= 15 is 0 Å². The second-order valence-corrected chi connectivity index (χ2v) is 7.56. The van der Waals surface area contributed by atoms with Crippen LogP contribution in [0.4, 0.5) is 5.69 Å². The summed E-state index contributed by atoms with van der Waals surface area (Å²) in [7, 11) is 0. The van der Waals surface area contributed by atoms with Crippen molar-refractivity contribution in [2.75, 3.05) is 18.4 Å². The molecule has 1 aliphatic rings. The van der Waals surface area contributed by atoms with Gasteiger partial charge in [-0.25, -0.2) is 0 Å². The molecular weight excluding hydrogens is 385 g/mol. The second kappa shape index (κ2) is 8.74. The fourth-order valence-corrected chi connectivity index (χ4v) is 3.67. The molecule has 2 aromatic carbocycles. The van der Waals surface area contributed by atoms with Gasteiger partial charge in [-0.05, 0) is 67.9 Å². The van der Waals surface area contributed by atoms with Crippen LogP contribution in [0.2, 0.25) is 10.0 Å². The third-order valence-corrected chi connectivity index (χ3v) is 5.39. The molecule has 0 unspecified atom stereocenters. The summed E-state index contributed by atoms with van der Waals surface area (Å²) in [4.78, 5) is 25.9. The van der Waals surface area contributed by atoms with Crippen LogP contribution in [0.1, 0.15) is 28.8 Å². The second-order valence-electron chi connectivity index (χ2n) is 6.72. The Hall–Kier alpha value is -2.08. The lowest BCUT2D eigenvalue weighted by Crippen LogP contribution is -2.37. The lowest BCUT2D eigenvalue weighted by Gasteiger charge is -2.31. The number of likely N-dealkylation sites (tertiary alicyclic amines) is 1. The van der Waals surface area contributed by atoms with Gasteiger partial charge in [-0.15, -0.1) is 0 Å².